The Hall–Kier alpha value is -2.97. The van der Waals surface area contributed by atoms with E-state index in [-0.39, 0.29) is 5.75 Å². The minimum absolute atomic E-state index is 0.205. The first-order valence-electron chi connectivity index (χ1n) is 14.1. The van der Waals surface area contributed by atoms with Crippen LogP contribution in [0.5, 0.6) is 11.5 Å². The lowest BCUT2D eigenvalue weighted by molar-refractivity contribution is -0.385. The molecule has 1 aromatic rings. The number of carbonyl (C=O) groups is 3. The summed E-state index contributed by atoms with van der Waals surface area (Å²) >= 11 is 0. The fraction of sp³-hybridized carbons (Fsp3) is 0.690. The minimum Gasteiger partial charge on any atom is -0.481 e. The number of hydrogen-bond acceptors (Lipinski definition) is 7. The molecular weight excluding hydrogens is 490 g/mol. The second kappa shape index (κ2) is 19.2. The van der Waals surface area contributed by atoms with Crippen LogP contribution in [0.2, 0.25) is 0 Å². The number of aryl methyl sites for hydroxylation is 1. The first kappa shape index (κ1) is 33.1. The quantitative estimate of drug-likeness (QED) is 0.0560. The number of benzene rings is 1. The van der Waals surface area contributed by atoms with E-state index in [1.807, 2.05) is 0 Å². The number of esters is 2. The Morgan fingerprint density at radius 1 is 0.816 bits per heavy atom. The van der Waals surface area contributed by atoms with Gasteiger partial charge in [0.1, 0.15) is 0 Å². The molecule has 1 atom stereocenters. The van der Waals surface area contributed by atoms with E-state index in [0.717, 1.165) is 33.1 Å². The number of rotatable bonds is 21. The predicted molar refractivity (Wildman–Crippen MR) is 145 cm³/mol. The topological polar surface area (TPSA) is 133 Å². The van der Waals surface area contributed by atoms with Crippen LogP contribution in [0.25, 0.3) is 0 Å². The van der Waals surface area contributed by atoms with E-state index in [4.69, 9.17) is 9.47 Å². The van der Waals surface area contributed by atoms with Gasteiger partial charge in [-0.25, -0.2) is 0 Å². The lowest BCUT2D eigenvalue weighted by atomic mass is 9.93. The van der Waals surface area contributed by atoms with E-state index in [1.54, 1.807) is 0 Å². The van der Waals surface area contributed by atoms with Gasteiger partial charge in [-0.15, -0.1) is 0 Å². The molecule has 0 radical (unpaired) electrons. The Kier molecular flexibility index (Phi) is 16.7. The van der Waals surface area contributed by atoms with E-state index in [1.165, 1.54) is 69.9 Å². The number of nitro benzene ring substituents is 1. The highest BCUT2D eigenvalue weighted by molar-refractivity contribution is 5.76. The second-order valence-corrected chi connectivity index (χ2v) is 9.99. The second-order valence-electron chi connectivity index (χ2n) is 9.99. The average Bonchev–Trinajstić information content (AvgIpc) is 2.83. The highest BCUT2D eigenvalue weighted by atomic mass is 16.6. The lowest BCUT2D eigenvalue weighted by Gasteiger charge is -2.14. The van der Waals surface area contributed by atoms with E-state index < -0.39 is 40.2 Å². The van der Waals surface area contributed by atoms with Crippen LogP contribution >= 0.6 is 0 Å². The molecular formula is C29H45NO8. The molecule has 1 unspecified atom stereocenters. The molecule has 9 nitrogen and oxygen atoms in total. The van der Waals surface area contributed by atoms with Crippen LogP contribution in [0.3, 0.4) is 0 Å². The third-order valence-electron chi connectivity index (χ3n) is 6.56. The highest BCUT2D eigenvalue weighted by Gasteiger charge is 2.25. The molecule has 0 bridgehead atoms. The summed E-state index contributed by atoms with van der Waals surface area (Å²) in [6.45, 7) is 4.47. The molecule has 0 aliphatic carbocycles. The van der Waals surface area contributed by atoms with Gasteiger partial charge in [0.05, 0.1) is 10.8 Å². The Morgan fingerprint density at radius 3 is 1.79 bits per heavy atom. The molecule has 38 heavy (non-hydrogen) atoms. The van der Waals surface area contributed by atoms with Gasteiger partial charge < -0.3 is 14.6 Å². The fourth-order valence-electron chi connectivity index (χ4n) is 4.58. The van der Waals surface area contributed by atoms with Gasteiger partial charge >= 0.3 is 23.6 Å². The van der Waals surface area contributed by atoms with Crippen molar-refractivity contribution in [2.75, 3.05) is 0 Å². The Bertz CT molecular complexity index is 899. The van der Waals surface area contributed by atoms with Crippen molar-refractivity contribution in [1.29, 1.82) is 0 Å². The van der Waals surface area contributed by atoms with Gasteiger partial charge in [-0.2, -0.15) is 0 Å². The lowest BCUT2D eigenvalue weighted by Crippen LogP contribution is -2.14. The molecule has 214 valence electrons. The maximum atomic E-state index is 11.7. The first-order valence-corrected chi connectivity index (χ1v) is 14.1. The normalized spacial score (nSPS) is 11.7. The summed E-state index contributed by atoms with van der Waals surface area (Å²) in [5.41, 5.74) is 0.0126. The molecule has 0 heterocycles. The van der Waals surface area contributed by atoms with Crippen LogP contribution in [0.15, 0.2) is 12.1 Å². The molecule has 0 fully saturated rings. The third-order valence-corrected chi connectivity index (χ3v) is 6.56. The predicted octanol–water partition coefficient (Wildman–Crippen LogP) is 7.56. The minimum atomic E-state index is -0.829. The molecule has 1 N–H and O–H groups in total. The first-order chi connectivity index (χ1) is 18.1. The van der Waals surface area contributed by atoms with Crippen LogP contribution in [0.1, 0.15) is 123 Å². The van der Waals surface area contributed by atoms with Crippen molar-refractivity contribution >= 4 is 23.6 Å². The summed E-state index contributed by atoms with van der Waals surface area (Å²) in [5, 5.41) is 21.2. The zero-order chi connectivity index (χ0) is 28.3. The van der Waals surface area contributed by atoms with Gasteiger partial charge in [-0.1, -0.05) is 84.0 Å². The molecule has 0 amide bonds. The van der Waals surface area contributed by atoms with Gasteiger partial charge in [0.25, 0.3) is 5.75 Å². The summed E-state index contributed by atoms with van der Waals surface area (Å²) in [6.07, 6.45) is 16.6. The largest absolute Gasteiger partial charge is 0.481 e. The maximum absolute atomic E-state index is 11.7. The number of carboxylic acid groups (broad SMARTS) is 1. The van der Waals surface area contributed by atoms with Crippen molar-refractivity contribution in [2.45, 2.75) is 124 Å². The summed E-state index contributed by atoms with van der Waals surface area (Å²) in [7, 11) is 0. The monoisotopic (exact) mass is 535 g/mol. The van der Waals surface area contributed by atoms with Gasteiger partial charge in [-0.05, 0) is 37.3 Å². The summed E-state index contributed by atoms with van der Waals surface area (Å²) < 4.78 is 10.00. The summed E-state index contributed by atoms with van der Waals surface area (Å²) in [6, 6.07) is 2.69. The maximum Gasteiger partial charge on any atom is 0.315 e. The number of carboxylic acids is 1. The SMILES string of the molecule is CCCCCCCCCCCCCCC(CCCc1cc(OC(C)=O)c(OC(C)=O)c([N+](=O)[O-])c1)C(=O)O. The Balaban J connectivity index is 2.51. The van der Waals surface area contributed by atoms with Gasteiger partial charge in [-0.3, -0.25) is 24.5 Å². The Labute approximate surface area is 226 Å². The molecule has 0 spiro atoms. The number of nitrogens with zero attached hydrogens (tertiary/aromatic N) is 1. The molecule has 9 heteroatoms. The van der Waals surface area contributed by atoms with Crippen LogP contribution < -0.4 is 9.47 Å². The summed E-state index contributed by atoms with van der Waals surface area (Å²) in [5.74, 6) is -3.42. The number of aliphatic carboxylic acids is 1. The van der Waals surface area contributed by atoms with E-state index in [0.29, 0.717) is 31.2 Å². The van der Waals surface area contributed by atoms with Crippen LogP contribution in [0.4, 0.5) is 5.69 Å². The Morgan fingerprint density at radius 2 is 1.32 bits per heavy atom. The van der Waals surface area contributed by atoms with E-state index in [9.17, 15) is 29.6 Å². The van der Waals surface area contributed by atoms with Crippen LogP contribution in [-0.2, 0) is 20.8 Å². The van der Waals surface area contributed by atoms with Crippen molar-refractivity contribution < 1.29 is 33.9 Å². The van der Waals surface area contributed by atoms with E-state index >= 15 is 0 Å². The molecule has 1 aromatic carbocycles. The van der Waals surface area contributed by atoms with Gasteiger partial charge in [0.15, 0.2) is 5.75 Å². The van der Waals surface area contributed by atoms with Crippen molar-refractivity contribution in [3.8, 4) is 11.5 Å². The van der Waals surface area contributed by atoms with Crippen molar-refractivity contribution in [3.63, 3.8) is 0 Å². The van der Waals surface area contributed by atoms with Gasteiger partial charge in [0, 0.05) is 19.9 Å². The summed E-state index contributed by atoms with van der Waals surface area (Å²) in [4.78, 5) is 45.5. The number of hydrogen-bond donors (Lipinski definition) is 1. The number of carbonyl (C=O) groups excluding carboxylic acids is 2. The highest BCUT2D eigenvalue weighted by Crippen LogP contribution is 2.39. The molecule has 0 saturated carbocycles. The van der Waals surface area contributed by atoms with Gasteiger partial charge in [0.2, 0.25) is 0 Å². The number of ether oxygens (including phenoxy) is 2. The van der Waals surface area contributed by atoms with Crippen LogP contribution in [0, 0.1) is 16.0 Å². The van der Waals surface area contributed by atoms with Crippen molar-refractivity contribution in [1.82, 2.24) is 0 Å². The molecule has 0 aliphatic heterocycles. The number of nitro groups is 1. The zero-order valence-corrected chi connectivity index (χ0v) is 23.3. The average molecular weight is 536 g/mol. The van der Waals surface area contributed by atoms with Crippen molar-refractivity contribution in [3.05, 3.63) is 27.8 Å². The fourth-order valence-corrected chi connectivity index (χ4v) is 4.58. The third kappa shape index (κ3) is 14.1. The standard InChI is InChI=1S/C29H45NO8/c1-4-5-6-7-8-9-10-11-12-13-14-15-18-25(29(33)34)19-16-17-24-20-26(30(35)36)28(38-23(3)32)27(21-24)37-22(2)31/h20-21,25H,4-19H2,1-3H3,(H,33,34). The number of unbranched alkanes of at least 4 members (excludes halogenated alkanes) is 11. The van der Waals surface area contributed by atoms with Crippen LogP contribution in [-0.4, -0.2) is 27.9 Å². The molecule has 1 rings (SSSR count). The smallest absolute Gasteiger partial charge is 0.315 e. The molecule has 0 aliphatic rings. The van der Waals surface area contributed by atoms with Crippen molar-refractivity contribution in [2.24, 2.45) is 5.92 Å². The molecule has 0 aromatic heterocycles. The zero-order valence-electron chi connectivity index (χ0n) is 23.3. The molecule has 0 saturated heterocycles. The van der Waals surface area contributed by atoms with E-state index in [2.05, 4.69) is 6.92 Å².